The molecule has 3 fully saturated rings. The number of aliphatic hydroxyl groups is 1. The Morgan fingerprint density at radius 2 is 1.86 bits per heavy atom. The monoisotopic (exact) mass is 811 g/mol. The third-order valence-electron chi connectivity index (χ3n) is 14.2. The van der Waals surface area contributed by atoms with E-state index in [1.54, 1.807) is 19.1 Å². The first-order chi connectivity index (χ1) is 26.7. The second-order valence-electron chi connectivity index (χ2n) is 17.9. The van der Waals surface area contributed by atoms with Gasteiger partial charge in [0.1, 0.15) is 5.75 Å². The van der Waals surface area contributed by atoms with E-state index in [1.807, 2.05) is 24.0 Å². The molecule has 0 aromatic heterocycles. The first-order valence-corrected chi connectivity index (χ1v) is 22.8. The van der Waals surface area contributed by atoms with E-state index in [2.05, 4.69) is 45.1 Å². The Morgan fingerprint density at radius 1 is 1.05 bits per heavy atom. The molecular weight excluding hydrogens is 750 g/mol. The minimum absolute atomic E-state index is 0.0314. The van der Waals surface area contributed by atoms with Crippen LogP contribution in [0.25, 0.3) is 0 Å². The van der Waals surface area contributed by atoms with Crippen molar-refractivity contribution in [2.45, 2.75) is 89.0 Å². The normalized spacial score (nSPS) is 35.9. The van der Waals surface area contributed by atoms with Gasteiger partial charge >= 0.3 is 0 Å². The Hall–Kier alpha value is -2.90. The van der Waals surface area contributed by atoms with Crippen LogP contribution in [0.3, 0.4) is 0 Å². The minimum atomic E-state index is -3.99. The molecule has 11 nitrogen and oxygen atoms in total. The molecule has 56 heavy (non-hydrogen) atoms. The van der Waals surface area contributed by atoms with Gasteiger partial charge in [-0.15, -0.1) is 0 Å². The number of anilines is 1. The van der Waals surface area contributed by atoms with Gasteiger partial charge < -0.3 is 19.6 Å². The third-order valence-corrected chi connectivity index (χ3v) is 16.4. The highest BCUT2D eigenvalue weighted by Gasteiger charge is 2.49. The zero-order valence-electron chi connectivity index (χ0n) is 33.5. The summed E-state index contributed by atoms with van der Waals surface area (Å²) in [5, 5.41) is 12.9. The van der Waals surface area contributed by atoms with Crippen LogP contribution in [0.15, 0.2) is 54.1 Å². The van der Waals surface area contributed by atoms with Crippen LogP contribution in [-0.2, 0) is 14.8 Å². The van der Waals surface area contributed by atoms with Crippen molar-refractivity contribution in [2.24, 2.45) is 29.1 Å². The van der Waals surface area contributed by atoms with E-state index in [0.29, 0.717) is 57.8 Å². The van der Waals surface area contributed by atoms with Gasteiger partial charge in [0, 0.05) is 81.0 Å². The molecule has 2 saturated heterocycles. The summed E-state index contributed by atoms with van der Waals surface area (Å²) in [4.78, 5) is 35.3. The molecule has 4 unspecified atom stereocenters. The summed E-state index contributed by atoms with van der Waals surface area (Å²) in [6.45, 7) is 16.6. The van der Waals surface area contributed by atoms with Crippen molar-refractivity contribution >= 4 is 39.1 Å². The van der Waals surface area contributed by atoms with Crippen molar-refractivity contribution in [1.29, 1.82) is 0 Å². The topological polar surface area (TPSA) is 123 Å². The summed E-state index contributed by atoms with van der Waals surface area (Å²) in [6, 6.07) is 5.48. The number of hydrogen-bond acceptors (Lipinski definition) is 9. The SMILES string of the molecule is C=CC(=O)N1CCN2CCN(CC3(O)CCC[C@H](C)[C@@H](C)S(=O)(=O)NC(=O)c4ccc5c(c4)N(CCCCC4C=C(Cl)C=CC4(C)CO5)C[C@@H]4CC[C@H]43)CC2C1. The van der Waals surface area contributed by atoms with Crippen LogP contribution >= 0.6 is 11.6 Å². The van der Waals surface area contributed by atoms with Crippen LogP contribution in [0.2, 0.25) is 0 Å². The Balaban J connectivity index is 1.20. The fourth-order valence-electron chi connectivity index (χ4n) is 10.2. The Bertz CT molecular complexity index is 1820. The van der Waals surface area contributed by atoms with Gasteiger partial charge in [-0.2, -0.15) is 0 Å². The van der Waals surface area contributed by atoms with E-state index in [-0.39, 0.29) is 46.6 Å². The van der Waals surface area contributed by atoms with Crippen LogP contribution in [0, 0.1) is 29.1 Å². The lowest BCUT2D eigenvalue weighted by molar-refractivity contribution is -0.132. The number of sulfonamides is 1. The van der Waals surface area contributed by atoms with Gasteiger partial charge in [-0.3, -0.25) is 19.4 Å². The fraction of sp³-hybridized carbons (Fsp3) is 0.674. The van der Waals surface area contributed by atoms with Crippen molar-refractivity contribution in [3.8, 4) is 5.75 Å². The molecule has 0 spiro atoms. The molecular formula is C43H62ClN5O6S. The molecule has 4 aliphatic heterocycles. The van der Waals surface area contributed by atoms with E-state index >= 15 is 0 Å². The predicted molar refractivity (Wildman–Crippen MR) is 221 cm³/mol. The third kappa shape index (κ3) is 8.75. The Morgan fingerprint density at radius 3 is 2.62 bits per heavy atom. The number of fused-ring (bicyclic) bond motifs is 4. The van der Waals surface area contributed by atoms with Crippen molar-refractivity contribution in [2.75, 3.05) is 70.4 Å². The van der Waals surface area contributed by atoms with Crippen molar-refractivity contribution in [3.05, 3.63) is 59.7 Å². The summed E-state index contributed by atoms with van der Waals surface area (Å²) in [5.74, 6) is 0.260. The number of piperazine rings is 2. The van der Waals surface area contributed by atoms with Gasteiger partial charge in [0.15, 0.2) is 0 Å². The van der Waals surface area contributed by atoms with Crippen LogP contribution in [0.1, 0.15) is 82.5 Å². The van der Waals surface area contributed by atoms with E-state index < -0.39 is 26.8 Å². The standard InChI is InChI=1S/C43H62ClN5O6S/c1-5-40(50)49-22-21-47-20-19-46(26-36(47)27-49)28-43(52)16-8-9-30(2)31(3)56(53,54)45-41(51)32-12-14-39-38(23-32)48(25-33-11-13-37(33)43)18-7-6-10-34-24-35(44)15-17-42(34,4)29-55-39/h5,12,14-15,17,23-24,30-31,33-34,36-37,52H,1,6-11,13,16,18-22,25-29H2,2-4H3,(H,45,51)/t30-,31+,33-,34?,36?,37+,42?,43?/m0/s1. The number of benzene rings is 1. The fourth-order valence-corrected chi connectivity index (χ4v) is 11.8. The number of carbonyl (C=O) groups is 2. The Kier molecular flexibility index (Phi) is 12.3. The molecule has 1 aromatic carbocycles. The number of ether oxygens (including phenoxy) is 1. The maximum absolute atomic E-state index is 13.7. The van der Waals surface area contributed by atoms with Gasteiger partial charge in [-0.1, -0.05) is 57.0 Å². The summed E-state index contributed by atoms with van der Waals surface area (Å²) < 4.78 is 36.4. The summed E-state index contributed by atoms with van der Waals surface area (Å²) >= 11 is 6.49. The van der Waals surface area contributed by atoms with E-state index in [0.717, 1.165) is 75.5 Å². The highest BCUT2D eigenvalue weighted by Crippen LogP contribution is 2.47. The largest absolute Gasteiger partial charge is 0.490 e. The smallest absolute Gasteiger partial charge is 0.264 e. The van der Waals surface area contributed by atoms with Gasteiger partial charge in [0.2, 0.25) is 15.9 Å². The van der Waals surface area contributed by atoms with Crippen molar-refractivity contribution in [1.82, 2.24) is 19.4 Å². The number of β-amino-alcohol motifs (C(OH)–C–C–N with tert-alkyl or cyclic N) is 1. The van der Waals surface area contributed by atoms with E-state index in [1.165, 1.54) is 6.08 Å². The zero-order chi connectivity index (χ0) is 39.8. The summed E-state index contributed by atoms with van der Waals surface area (Å²) in [7, 11) is -3.99. The number of nitrogens with zero attached hydrogens (tertiary/aromatic N) is 4. The molecule has 0 radical (unpaired) electrons. The average molecular weight is 813 g/mol. The molecule has 8 atom stereocenters. The molecule has 2 amide bonds. The van der Waals surface area contributed by atoms with Crippen molar-refractivity contribution in [3.63, 3.8) is 0 Å². The first kappa shape index (κ1) is 41.3. The van der Waals surface area contributed by atoms with Crippen molar-refractivity contribution < 1.29 is 27.9 Å². The number of hydrogen-bond donors (Lipinski definition) is 2. The van der Waals surface area contributed by atoms with Crippen LogP contribution in [-0.4, -0.2) is 122 Å². The molecule has 4 heterocycles. The quantitative estimate of drug-likeness (QED) is 0.386. The highest BCUT2D eigenvalue weighted by molar-refractivity contribution is 7.90. The molecule has 2 aliphatic carbocycles. The molecule has 6 aliphatic rings. The van der Waals surface area contributed by atoms with E-state index in [4.69, 9.17) is 16.3 Å². The lowest BCUT2D eigenvalue weighted by atomic mass is 9.62. The van der Waals surface area contributed by atoms with Gasteiger partial charge in [-0.25, -0.2) is 13.1 Å². The second kappa shape index (κ2) is 16.8. The van der Waals surface area contributed by atoms with Gasteiger partial charge in [0.05, 0.1) is 23.1 Å². The average Bonchev–Trinajstić information content (AvgIpc) is 3.18. The number of rotatable bonds is 3. The maximum Gasteiger partial charge on any atom is 0.264 e. The first-order valence-electron chi connectivity index (χ1n) is 20.9. The van der Waals surface area contributed by atoms with Gasteiger partial charge in [-0.05, 0) is 99.5 Å². The molecule has 7 rings (SSSR count). The number of carbonyl (C=O) groups excluding carboxylic acids is 2. The molecule has 13 heteroatoms. The molecule has 1 aromatic rings. The molecule has 1 saturated carbocycles. The van der Waals surface area contributed by atoms with E-state index in [9.17, 15) is 23.1 Å². The Labute approximate surface area is 339 Å². The lowest BCUT2D eigenvalue weighted by Crippen LogP contribution is -2.65. The molecule has 308 valence electrons. The zero-order valence-corrected chi connectivity index (χ0v) is 35.1. The summed E-state index contributed by atoms with van der Waals surface area (Å²) in [5.41, 5.74) is -0.189. The number of allylic oxidation sites excluding steroid dienone is 3. The summed E-state index contributed by atoms with van der Waals surface area (Å²) in [6.07, 6.45) is 14.3. The number of nitrogens with one attached hydrogen (secondary N) is 1. The second-order valence-corrected chi connectivity index (χ2v) is 20.4. The molecule has 2 bridgehead atoms. The van der Waals surface area contributed by atoms with Crippen LogP contribution in [0.5, 0.6) is 5.75 Å². The minimum Gasteiger partial charge on any atom is -0.490 e. The van der Waals surface area contributed by atoms with Crippen LogP contribution in [0.4, 0.5) is 5.69 Å². The van der Waals surface area contributed by atoms with Crippen LogP contribution < -0.4 is 14.4 Å². The van der Waals surface area contributed by atoms with Gasteiger partial charge in [0.25, 0.3) is 5.91 Å². The lowest BCUT2D eigenvalue weighted by Gasteiger charge is -2.53. The molecule has 2 N–H and O–H groups in total. The number of amides is 2. The maximum atomic E-state index is 13.7. The number of halogens is 1. The predicted octanol–water partition coefficient (Wildman–Crippen LogP) is 5.41. The highest BCUT2D eigenvalue weighted by atomic mass is 35.5.